The first-order valence-electron chi connectivity index (χ1n) is 6.51. The van der Waals surface area contributed by atoms with Gasteiger partial charge in [0, 0.05) is 0 Å². The summed E-state index contributed by atoms with van der Waals surface area (Å²) < 4.78 is 10.1. The number of benzene rings is 1. The van der Waals surface area contributed by atoms with Crippen molar-refractivity contribution in [3.05, 3.63) is 53.0 Å². The van der Waals surface area contributed by atoms with Crippen LogP contribution in [0.4, 0.5) is 5.69 Å². The molecule has 0 amide bonds. The molecule has 0 fully saturated rings. The van der Waals surface area contributed by atoms with E-state index in [-0.39, 0.29) is 11.8 Å². The molecule has 0 aliphatic rings. The van der Waals surface area contributed by atoms with Gasteiger partial charge in [0.1, 0.15) is 11.8 Å². The summed E-state index contributed by atoms with van der Waals surface area (Å²) in [7, 11) is 1.30. The van der Waals surface area contributed by atoms with Gasteiger partial charge in [-0.2, -0.15) is 5.26 Å². The van der Waals surface area contributed by atoms with Crippen molar-refractivity contribution in [3.8, 4) is 6.07 Å². The minimum atomic E-state index is -0.512. The summed E-state index contributed by atoms with van der Waals surface area (Å²) in [5.74, 6) is 0.244. The number of methoxy groups -OCH3 is 1. The summed E-state index contributed by atoms with van der Waals surface area (Å²) in [5, 5.41) is 12.4. The lowest BCUT2D eigenvalue weighted by Gasteiger charge is -2.15. The van der Waals surface area contributed by atoms with Crippen molar-refractivity contribution in [1.82, 2.24) is 0 Å². The van der Waals surface area contributed by atoms with Crippen LogP contribution in [-0.4, -0.2) is 13.1 Å². The van der Waals surface area contributed by atoms with Gasteiger partial charge in [-0.05, 0) is 37.6 Å². The molecule has 108 valence electrons. The molecule has 1 aromatic heterocycles. The Morgan fingerprint density at radius 2 is 2.14 bits per heavy atom. The molecule has 1 heterocycles. The lowest BCUT2D eigenvalue weighted by Crippen LogP contribution is -2.07. The Bertz CT molecular complexity index is 698. The summed E-state index contributed by atoms with van der Waals surface area (Å²) in [6, 6.07) is 10.9. The van der Waals surface area contributed by atoms with Gasteiger partial charge >= 0.3 is 5.97 Å². The molecule has 5 nitrogen and oxygen atoms in total. The van der Waals surface area contributed by atoms with Gasteiger partial charge in [0.05, 0.1) is 24.4 Å². The number of esters is 1. The summed E-state index contributed by atoms with van der Waals surface area (Å²) in [6.45, 7) is 3.78. The molecule has 1 unspecified atom stereocenters. The summed E-state index contributed by atoms with van der Waals surface area (Å²) in [5.41, 5.74) is 2.24. The Kier molecular flexibility index (Phi) is 4.29. The van der Waals surface area contributed by atoms with Crippen LogP contribution in [0.1, 0.15) is 40.4 Å². The molecule has 0 bridgehead atoms. The van der Waals surface area contributed by atoms with Crippen LogP contribution < -0.4 is 5.32 Å². The van der Waals surface area contributed by atoms with E-state index < -0.39 is 5.97 Å². The van der Waals surface area contributed by atoms with Crippen LogP contribution in [0.15, 0.2) is 34.7 Å². The summed E-state index contributed by atoms with van der Waals surface area (Å²) in [4.78, 5) is 11.4. The fourth-order valence-electron chi connectivity index (χ4n) is 2.04. The first kappa shape index (κ1) is 14.7. The minimum absolute atomic E-state index is 0.158. The van der Waals surface area contributed by atoms with Crippen LogP contribution in [0.2, 0.25) is 0 Å². The van der Waals surface area contributed by atoms with E-state index in [1.807, 2.05) is 32.0 Å². The van der Waals surface area contributed by atoms with E-state index in [1.165, 1.54) is 7.11 Å². The first-order valence-corrected chi connectivity index (χ1v) is 6.51. The molecule has 21 heavy (non-hydrogen) atoms. The SMILES string of the molecule is COC(=O)c1ccc(C(C)Nc2cccc(C)c2C#N)o1. The number of nitriles is 1. The maximum Gasteiger partial charge on any atom is 0.373 e. The number of carbonyl (C=O) groups excluding carboxylic acids is 1. The van der Waals surface area contributed by atoms with Crippen LogP contribution in [0.3, 0.4) is 0 Å². The third-order valence-electron chi connectivity index (χ3n) is 3.20. The molecular formula is C16H16N2O3. The van der Waals surface area contributed by atoms with E-state index in [0.29, 0.717) is 11.3 Å². The van der Waals surface area contributed by atoms with Gasteiger partial charge in [0.2, 0.25) is 5.76 Å². The minimum Gasteiger partial charge on any atom is -0.463 e. The zero-order valence-electron chi connectivity index (χ0n) is 12.1. The lowest BCUT2D eigenvalue weighted by atomic mass is 10.1. The van der Waals surface area contributed by atoms with E-state index in [4.69, 9.17) is 4.42 Å². The third kappa shape index (κ3) is 3.06. The number of aryl methyl sites for hydroxylation is 1. The van der Waals surface area contributed by atoms with Gasteiger partial charge < -0.3 is 14.5 Å². The molecule has 0 radical (unpaired) electrons. The predicted octanol–water partition coefficient (Wildman–Crippen LogP) is 3.42. The van der Waals surface area contributed by atoms with Crippen LogP contribution >= 0.6 is 0 Å². The number of hydrogen-bond donors (Lipinski definition) is 1. The number of rotatable bonds is 4. The predicted molar refractivity (Wildman–Crippen MR) is 78.0 cm³/mol. The van der Waals surface area contributed by atoms with Gasteiger partial charge in [0.15, 0.2) is 0 Å². The zero-order chi connectivity index (χ0) is 15.4. The smallest absolute Gasteiger partial charge is 0.373 e. The van der Waals surface area contributed by atoms with Gasteiger partial charge in [-0.25, -0.2) is 4.79 Å². The fourth-order valence-corrected chi connectivity index (χ4v) is 2.04. The Morgan fingerprint density at radius 1 is 1.38 bits per heavy atom. The highest BCUT2D eigenvalue weighted by atomic mass is 16.5. The molecule has 1 atom stereocenters. The molecule has 2 rings (SSSR count). The number of nitrogens with one attached hydrogen (secondary N) is 1. The molecule has 0 saturated heterocycles. The highest BCUT2D eigenvalue weighted by Crippen LogP contribution is 2.25. The quantitative estimate of drug-likeness (QED) is 0.871. The number of carbonyl (C=O) groups is 1. The monoisotopic (exact) mass is 284 g/mol. The van der Waals surface area contributed by atoms with Gasteiger partial charge in [0.25, 0.3) is 0 Å². The van der Waals surface area contributed by atoms with Gasteiger partial charge in [-0.15, -0.1) is 0 Å². The number of furan rings is 1. The number of anilines is 1. The highest BCUT2D eigenvalue weighted by molar-refractivity contribution is 5.86. The van der Waals surface area contributed by atoms with E-state index in [1.54, 1.807) is 12.1 Å². The first-order chi connectivity index (χ1) is 10.1. The molecule has 2 aromatic rings. The van der Waals surface area contributed by atoms with Crippen LogP contribution in [0.25, 0.3) is 0 Å². The number of hydrogen-bond acceptors (Lipinski definition) is 5. The standard InChI is InChI=1S/C16H16N2O3/c1-10-5-4-6-13(12(10)9-17)18-11(2)14-7-8-15(21-14)16(19)20-3/h4-8,11,18H,1-3H3. The summed E-state index contributed by atoms with van der Waals surface area (Å²) in [6.07, 6.45) is 0. The van der Waals surface area contributed by atoms with Crippen LogP contribution in [0, 0.1) is 18.3 Å². The molecule has 0 aliphatic carbocycles. The topological polar surface area (TPSA) is 75.3 Å². The van der Waals surface area contributed by atoms with Crippen molar-refractivity contribution in [2.75, 3.05) is 12.4 Å². The van der Waals surface area contributed by atoms with Crippen molar-refractivity contribution < 1.29 is 13.9 Å². The average molecular weight is 284 g/mol. The molecule has 5 heteroatoms. The van der Waals surface area contributed by atoms with Gasteiger partial charge in [-0.1, -0.05) is 12.1 Å². The molecule has 0 spiro atoms. The Balaban J connectivity index is 2.21. The molecular weight excluding hydrogens is 268 g/mol. The van der Waals surface area contributed by atoms with E-state index in [0.717, 1.165) is 11.3 Å². The van der Waals surface area contributed by atoms with E-state index in [2.05, 4.69) is 16.1 Å². The number of ether oxygens (including phenoxy) is 1. The highest BCUT2D eigenvalue weighted by Gasteiger charge is 2.16. The average Bonchev–Trinajstić information content (AvgIpc) is 2.96. The fraction of sp³-hybridized carbons (Fsp3) is 0.250. The van der Waals surface area contributed by atoms with Gasteiger partial charge in [-0.3, -0.25) is 0 Å². The molecule has 0 aliphatic heterocycles. The second kappa shape index (κ2) is 6.14. The third-order valence-corrected chi connectivity index (χ3v) is 3.20. The van der Waals surface area contributed by atoms with Crippen molar-refractivity contribution in [1.29, 1.82) is 5.26 Å². The maximum absolute atomic E-state index is 11.4. The van der Waals surface area contributed by atoms with E-state index >= 15 is 0 Å². The molecule has 1 N–H and O–H groups in total. The zero-order valence-corrected chi connectivity index (χ0v) is 12.1. The summed E-state index contributed by atoms with van der Waals surface area (Å²) >= 11 is 0. The second-order valence-corrected chi connectivity index (χ2v) is 4.67. The van der Waals surface area contributed by atoms with Crippen molar-refractivity contribution in [2.24, 2.45) is 0 Å². The van der Waals surface area contributed by atoms with E-state index in [9.17, 15) is 10.1 Å². The number of nitrogens with zero attached hydrogens (tertiary/aromatic N) is 1. The van der Waals surface area contributed by atoms with Crippen LogP contribution in [0.5, 0.6) is 0 Å². The Hall–Kier alpha value is -2.74. The normalized spacial score (nSPS) is 11.5. The van der Waals surface area contributed by atoms with Crippen molar-refractivity contribution in [3.63, 3.8) is 0 Å². The van der Waals surface area contributed by atoms with Crippen LogP contribution in [-0.2, 0) is 4.74 Å². The largest absolute Gasteiger partial charge is 0.463 e. The molecule has 1 aromatic carbocycles. The Morgan fingerprint density at radius 3 is 2.81 bits per heavy atom. The van der Waals surface area contributed by atoms with Crippen molar-refractivity contribution in [2.45, 2.75) is 19.9 Å². The van der Waals surface area contributed by atoms with Crippen molar-refractivity contribution >= 4 is 11.7 Å². The second-order valence-electron chi connectivity index (χ2n) is 4.67. The Labute approximate surface area is 123 Å². The molecule has 0 saturated carbocycles. The lowest BCUT2D eigenvalue weighted by molar-refractivity contribution is 0.0562. The maximum atomic E-state index is 11.4.